The van der Waals surface area contributed by atoms with E-state index in [2.05, 4.69) is 203 Å². The first-order valence-corrected chi connectivity index (χ1v) is 23.0. The minimum Gasteiger partial charge on any atom is -0.456 e. The lowest BCUT2D eigenvalue weighted by molar-refractivity contribution is 0.669. The number of hydrogen-bond donors (Lipinski definition) is 0. The Kier molecular flexibility index (Phi) is 7.68. The summed E-state index contributed by atoms with van der Waals surface area (Å²) in [5, 5.41) is 9.86. The number of hydrogen-bond acceptors (Lipinski definition) is 2. The van der Waals surface area contributed by atoms with E-state index in [1.54, 1.807) is 0 Å². The van der Waals surface area contributed by atoms with E-state index in [0.29, 0.717) is 0 Å². The summed E-state index contributed by atoms with van der Waals surface area (Å²) in [6, 6.07) is 69.4. The molecule has 4 heteroatoms. The molecule has 0 fully saturated rings. The van der Waals surface area contributed by atoms with Crippen LogP contribution in [-0.2, 0) is 0 Å². The molecule has 0 spiro atoms. The highest BCUT2D eigenvalue weighted by atomic mass is 32.1. The van der Waals surface area contributed by atoms with Gasteiger partial charge >= 0.3 is 0 Å². The molecule has 0 saturated carbocycles. The summed E-state index contributed by atoms with van der Waals surface area (Å²) in [6.07, 6.45) is 9.11. The zero-order valence-electron chi connectivity index (χ0n) is 34.8. The minimum absolute atomic E-state index is 0.904. The molecule has 300 valence electrons. The van der Waals surface area contributed by atoms with Crippen molar-refractivity contribution >= 4 is 103 Å². The molecule has 4 heterocycles. The third-order valence-electron chi connectivity index (χ3n) is 13.6. The van der Waals surface area contributed by atoms with Gasteiger partial charge in [-0.2, -0.15) is 0 Å². The second kappa shape index (κ2) is 13.8. The van der Waals surface area contributed by atoms with Crippen LogP contribution in [-0.4, -0.2) is 9.13 Å². The average Bonchev–Trinajstić information content (AvgIpc) is 4.11. The third kappa shape index (κ3) is 5.33. The highest BCUT2D eigenvalue weighted by Gasteiger charge is 2.20. The number of thiophene rings is 1. The Balaban J connectivity index is 0.917. The van der Waals surface area contributed by atoms with Crippen LogP contribution >= 0.6 is 11.3 Å². The fourth-order valence-electron chi connectivity index (χ4n) is 10.5. The lowest BCUT2D eigenvalue weighted by atomic mass is 9.97. The van der Waals surface area contributed by atoms with Gasteiger partial charge in [-0.25, -0.2) is 0 Å². The summed E-state index contributed by atoms with van der Waals surface area (Å²) in [5.41, 5.74) is 16.4. The quantitative estimate of drug-likeness (QED) is 0.169. The van der Waals surface area contributed by atoms with Gasteiger partial charge in [-0.15, -0.1) is 11.3 Å². The van der Waals surface area contributed by atoms with Crippen molar-refractivity contribution in [3.8, 4) is 33.6 Å². The zero-order valence-corrected chi connectivity index (χ0v) is 35.6. The van der Waals surface area contributed by atoms with E-state index in [4.69, 9.17) is 4.42 Å². The van der Waals surface area contributed by atoms with Gasteiger partial charge in [0.05, 0.1) is 26.8 Å². The molecule has 0 atom stereocenters. The molecule has 1 aliphatic carbocycles. The van der Waals surface area contributed by atoms with E-state index in [-0.39, 0.29) is 0 Å². The van der Waals surface area contributed by atoms with Gasteiger partial charge < -0.3 is 13.6 Å². The molecule has 0 N–H and O–H groups in total. The summed E-state index contributed by atoms with van der Waals surface area (Å²) >= 11 is 1.90. The lowest BCUT2D eigenvalue weighted by Gasteiger charge is -2.11. The molecule has 0 radical (unpaired) electrons. The fourth-order valence-corrected chi connectivity index (χ4v) is 11.7. The van der Waals surface area contributed by atoms with Crippen molar-refractivity contribution in [3.63, 3.8) is 0 Å². The molecule has 9 aromatic carbocycles. The van der Waals surface area contributed by atoms with E-state index < -0.39 is 0 Å². The molecule has 3 nitrogen and oxygen atoms in total. The largest absolute Gasteiger partial charge is 0.456 e. The van der Waals surface area contributed by atoms with Crippen molar-refractivity contribution in [2.24, 2.45) is 0 Å². The predicted octanol–water partition coefficient (Wildman–Crippen LogP) is 17.2. The smallest absolute Gasteiger partial charge is 0.135 e. The van der Waals surface area contributed by atoms with Crippen molar-refractivity contribution in [3.05, 3.63) is 212 Å². The maximum absolute atomic E-state index is 6.21. The first-order chi connectivity index (χ1) is 31.7. The van der Waals surface area contributed by atoms with Crippen LogP contribution in [0.5, 0.6) is 0 Å². The Morgan fingerprint density at radius 2 is 1.00 bits per heavy atom. The number of fused-ring (bicyclic) bond motifs is 13. The van der Waals surface area contributed by atoms with Gasteiger partial charge in [0.2, 0.25) is 0 Å². The zero-order chi connectivity index (χ0) is 41.9. The predicted molar refractivity (Wildman–Crippen MR) is 273 cm³/mol. The molecule has 14 rings (SSSR count). The van der Waals surface area contributed by atoms with Crippen LogP contribution < -0.4 is 0 Å². The Morgan fingerprint density at radius 3 is 1.80 bits per heavy atom. The molecule has 4 aromatic heterocycles. The number of rotatable bonds is 5. The molecular formula is C60H38N2OS. The fraction of sp³-hybridized carbons (Fsp3) is 0.0333. The number of para-hydroxylation sites is 2. The first-order valence-electron chi connectivity index (χ1n) is 22.1. The Bertz CT molecular complexity index is 4110. The highest BCUT2D eigenvalue weighted by Crippen LogP contribution is 2.45. The summed E-state index contributed by atoms with van der Waals surface area (Å²) in [5.74, 6) is 0. The van der Waals surface area contributed by atoms with E-state index in [0.717, 1.165) is 46.2 Å². The molecule has 0 amide bonds. The average molecular weight is 835 g/mol. The Labute approximate surface area is 372 Å². The highest BCUT2D eigenvalue weighted by molar-refractivity contribution is 7.26. The van der Waals surface area contributed by atoms with Gasteiger partial charge in [0.1, 0.15) is 11.2 Å². The normalized spacial score (nSPS) is 13.2. The van der Waals surface area contributed by atoms with Crippen LogP contribution in [0.4, 0.5) is 0 Å². The van der Waals surface area contributed by atoms with Gasteiger partial charge in [0.25, 0.3) is 0 Å². The van der Waals surface area contributed by atoms with Gasteiger partial charge in [-0.05, 0) is 119 Å². The molecule has 0 aliphatic heterocycles. The second-order valence-corrected chi connectivity index (χ2v) is 18.2. The standard InChI is InChI=1S/C60H38N2OS/c1-2-10-37(11-3-1)38-18-20-39(21-19-38)40-22-26-43(27-23-40)62-55-32-25-42(35-51(55)48-29-30-49-47-14-6-9-17-58(47)64-60(49)59(48)62)41-24-31-54-50(34-41)45-12-4-7-15-53(45)61(54)44-28-33-57-52(36-44)46-13-5-8-16-56(46)63-57/h2,4-36H,1,3H2. The number of aromatic nitrogens is 2. The van der Waals surface area contributed by atoms with Crippen LogP contribution in [0.25, 0.3) is 125 Å². The van der Waals surface area contributed by atoms with Crippen molar-refractivity contribution in [1.82, 2.24) is 9.13 Å². The summed E-state index contributed by atoms with van der Waals surface area (Å²) < 4.78 is 13.7. The van der Waals surface area contributed by atoms with Crippen molar-refractivity contribution in [2.45, 2.75) is 12.8 Å². The van der Waals surface area contributed by atoms with Gasteiger partial charge in [0.15, 0.2) is 0 Å². The molecule has 0 unspecified atom stereocenters. The summed E-state index contributed by atoms with van der Waals surface area (Å²) in [4.78, 5) is 0. The molecule has 1 aliphatic rings. The van der Waals surface area contributed by atoms with Gasteiger partial charge in [-0.3, -0.25) is 0 Å². The summed E-state index contributed by atoms with van der Waals surface area (Å²) in [6.45, 7) is 0. The van der Waals surface area contributed by atoms with Crippen molar-refractivity contribution in [2.75, 3.05) is 0 Å². The van der Waals surface area contributed by atoms with Crippen LogP contribution in [0.1, 0.15) is 18.4 Å². The number of benzene rings is 9. The SMILES string of the molecule is C1=CC(c2ccc(-c3ccc(-n4c5ccc(-c6ccc7c(c6)c6ccccc6n7-c6ccc7oc8ccccc8c7c6)cc5c5ccc6c7ccccc7sc6c54)cc3)cc2)=CCC1. The number of allylic oxidation sites excluding steroid dienone is 4. The summed E-state index contributed by atoms with van der Waals surface area (Å²) in [7, 11) is 0. The van der Waals surface area contributed by atoms with Crippen LogP contribution in [0.3, 0.4) is 0 Å². The Hall–Kier alpha value is -7.92. The lowest BCUT2D eigenvalue weighted by Crippen LogP contribution is -1.94. The van der Waals surface area contributed by atoms with Gasteiger partial charge in [0, 0.05) is 59.2 Å². The van der Waals surface area contributed by atoms with Gasteiger partial charge in [-0.1, -0.05) is 133 Å². The number of furan rings is 1. The molecule has 64 heavy (non-hydrogen) atoms. The molecule has 0 bridgehead atoms. The Morgan fingerprint density at radius 1 is 0.391 bits per heavy atom. The van der Waals surface area contributed by atoms with Crippen molar-refractivity contribution in [1.29, 1.82) is 0 Å². The van der Waals surface area contributed by atoms with Crippen LogP contribution in [0.15, 0.2) is 211 Å². The molecule has 13 aromatic rings. The van der Waals surface area contributed by atoms with E-state index >= 15 is 0 Å². The van der Waals surface area contributed by atoms with E-state index in [1.807, 2.05) is 23.5 Å². The maximum Gasteiger partial charge on any atom is 0.135 e. The molecule has 0 saturated heterocycles. The topological polar surface area (TPSA) is 23.0 Å². The van der Waals surface area contributed by atoms with Crippen LogP contribution in [0, 0.1) is 0 Å². The van der Waals surface area contributed by atoms with E-state index in [1.165, 1.54) is 97.2 Å². The second-order valence-electron chi connectivity index (χ2n) is 17.1. The molecular weight excluding hydrogens is 797 g/mol. The first kappa shape index (κ1) is 35.7. The van der Waals surface area contributed by atoms with Crippen molar-refractivity contribution < 1.29 is 4.42 Å². The maximum atomic E-state index is 6.21. The third-order valence-corrected chi connectivity index (χ3v) is 14.8. The van der Waals surface area contributed by atoms with Crippen LogP contribution in [0.2, 0.25) is 0 Å². The number of nitrogens with zero attached hydrogens (tertiary/aromatic N) is 2. The monoisotopic (exact) mass is 834 g/mol. The minimum atomic E-state index is 0.904. The van der Waals surface area contributed by atoms with E-state index in [9.17, 15) is 0 Å².